The summed E-state index contributed by atoms with van der Waals surface area (Å²) in [6, 6.07) is 0.583. The van der Waals surface area contributed by atoms with Gasteiger partial charge >= 0.3 is 0 Å². The van der Waals surface area contributed by atoms with Crippen LogP contribution < -0.4 is 5.32 Å². The molecule has 1 amide bonds. The molecule has 1 N–H and O–H groups in total. The SMILES string of the molecule is CNCCCC(=O)N1CCC[C@H]2CCCC[C@H]21. The first-order valence-corrected chi connectivity index (χ1v) is 7.27. The molecule has 1 aliphatic heterocycles. The number of hydrogen-bond acceptors (Lipinski definition) is 2. The van der Waals surface area contributed by atoms with Gasteiger partial charge in [0.15, 0.2) is 0 Å². The van der Waals surface area contributed by atoms with Gasteiger partial charge in [-0.1, -0.05) is 12.8 Å². The summed E-state index contributed by atoms with van der Waals surface area (Å²) in [5.41, 5.74) is 0. The van der Waals surface area contributed by atoms with Crippen molar-refractivity contribution in [2.24, 2.45) is 5.92 Å². The molecule has 2 rings (SSSR count). The molecule has 17 heavy (non-hydrogen) atoms. The maximum Gasteiger partial charge on any atom is 0.222 e. The summed E-state index contributed by atoms with van der Waals surface area (Å²) in [5.74, 6) is 1.21. The second-order valence-electron chi connectivity index (χ2n) is 5.55. The van der Waals surface area contributed by atoms with Crippen LogP contribution in [0.2, 0.25) is 0 Å². The number of piperidine rings is 1. The van der Waals surface area contributed by atoms with E-state index in [4.69, 9.17) is 0 Å². The first kappa shape index (κ1) is 12.9. The summed E-state index contributed by atoms with van der Waals surface area (Å²) in [4.78, 5) is 14.4. The third-order valence-corrected chi connectivity index (χ3v) is 4.38. The van der Waals surface area contributed by atoms with Crippen molar-refractivity contribution in [3.63, 3.8) is 0 Å². The minimum Gasteiger partial charge on any atom is -0.339 e. The molecule has 0 aromatic carbocycles. The normalized spacial score (nSPS) is 28.9. The van der Waals surface area contributed by atoms with Crippen molar-refractivity contribution in [1.82, 2.24) is 10.2 Å². The average molecular weight is 238 g/mol. The lowest BCUT2D eigenvalue weighted by Gasteiger charge is -2.44. The lowest BCUT2D eigenvalue weighted by molar-refractivity contribution is -0.137. The van der Waals surface area contributed by atoms with E-state index in [0.717, 1.165) is 31.8 Å². The molecule has 0 spiro atoms. The topological polar surface area (TPSA) is 32.3 Å². The summed E-state index contributed by atoms with van der Waals surface area (Å²) in [6.45, 7) is 1.97. The van der Waals surface area contributed by atoms with Crippen LogP contribution in [0, 0.1) is 5.92 Å². The fourth-order valence-electron chi connectivity index (χ4n) is 3.49. The van der Waals surface area contributed by atoms with Crippen molar-refractivity contribution in [3.05, 3.63) is 0 Å². The Morgan fingerprint density at radius 2 is 2.00 bits per heavy atom. The molecule has 1 aliphatic carbocycles. The minimum atomic E-state index is 0.400. The molecule has 0 unspecified atom stereocenters. The van der Waals surface area contributed by atoms with Crippen LogP contribution in [0.15, 0.2) is 0 Å². The predicted octanol–water partition coefficient (Wildman–Crippen LogP) is 2.17. The van der Waals surface area contributed by atoms with Crippen LogP contribution in [0.5, 0.6) is 0 Å². The molecule has 1 saturated heterocycles. The Bertz CT molecular complexity index is 253. The number of fused-ring (bicyclic) bond motifs is 1. The number of carbonyl (C=O) groups is 1. The molecule has 0 radical (unpaired) electrons. The number of rotatable bonds is 4. The molecule has 2 aliphatic rings. The summed E-state index contributed by atoms with van der Waals surface area (Å²) >= 11 is 0. The Morgan fingerprint density at radius 1 is 1.24 bits per heavy atom. The van der Waals surface area contributed by atoms with Crippen LogP contribution in [0.4, 0.5) is 0 Å². The molecule has 1 saturated carbocycles. The van der Waals surface area contributed by atoms with E-state index in [0.29, 0.717) is 11.9 Å². The summed E-state index contributed by atoms with van der Waals surface area (Å²) < 4.78 is 0. The smallest absolute Gasteiger partial charge is 0.222 e. The highest BCUT2D eigenvalue weighted by molar-refractivity contribution is 5.76. The Balaban J connectivity index is 1.87. The minimum absolute atomic E-state index is 0.400. The van der Waals surface area contributed by atoms with Crippen molar-refractivity contribution in [3.8, 4) is 0 Å². The van der Waals surface area contributed by atoms with Crippen LogP contribution in [0.25, 0.3) is 0 Å². The Kier molecular flexibility index (Phi) is 4.84. The van der Waals surface area contributed by atoms with Gasteiger partial charge in [0.2, 0.25) is 5.91 Å². The fraction of sp³-hybridized carbons (Fsp3) is 0.929. The van der Waals surface area contributed by atoms with Gasteiger partial charge in [-0.25, -0.2) is 0 Å². The molecule has 3 heteroatoms. The number of likely N-dealkylation sites (tertiary alicyclic amines) is 1. The Hall–Kier alpha value is -0.570. The van der Waals surface area contributed by atoms with E-state index in [1.807, 2.05) is 7.05 Å². The highest BCUT2D eigenvalue weighted by atomic mass is 16.2. The van der Waals surface area contributed by atoms with Gasteiger partial charge in [0, 0.05) is 19.0 Å². The van der Waals surface area contributed by atoms with Crippen LogP contribution in [-0.2, 0) is 4.79 Å². The zero-order valence-corrected chi connectivity index (χ0v) is 11.1. The lowest BCUT2D eigenvalue weighted by atomic mass is 9.78. The van der Waals surface area contributed by atoms with E-state index >= 15 is 0 Å². The number of nitrogens with one attached hydrogen (secondary N) is 1. The molecule has 3 nitrogen and oxygen atoms in total. The maximum atomic E-state index is 12.2. The van der Waals surface area contributed by atoms with Gasteiger partial charge in [-0.3, -0.25) is 4.79 Å². The average Bonchev–Trinajstić information content (AvgIpc) is 2.38. The van der Waals surface area contributed by atoms with Crippen LogP contribution in [0.1, 0.15) is 51.4 Å². The Labute approximate surface area is 105 Å². The molecule has 1 heterocycles. The van der Waals surface area contributed by atoms with Crippen molar-refractivity contribution in [2.75, 3.05) is 20.1 Å². The number of hydrogen-bond donors (Lipinski definition) is 1. The first-order valence-electron chi connectivity index (χ1n) is 7.27. The molecule has 98 valence electrons. The maximum absolute atomic E-state index is 12.2. The third kappa shape index (κ3) is 3.21. The van der Waals surface area contributed by atoms with Gasteiger partial charge in [-0.15, -0.1) is 0 Å². The molecule has 0 bridgehead atoms. The fourth-order valence-corrected chi connectivity index (χ4v) is 3.49. The zero-order chi connectivity index (χ0) is 12.1. The quantitative estimate of drug-likeness (QED) is 0.761. The van der Waals surface area contributed by atoms with E-state index in [2.05, 4.69) is 10.2 Å². The highest BCUT2D eigenvalue weighted by Crippen LogP contribution is 2.35. The van der Waals surface area contributed by atoms with E-state index in [1.165, 1.54) is 38.5 Å². The molecular formula is C14H26N2O. The number of carbonyl (C=O) groups excluding carboxylic acids is 1. The van der Waals surface area contributed by atoms with E-state index in [1.54, 1.807) is 0 Å². The van der Waals surface area contributed by atoms with Gasteiger partial charge in [-0.2, -0.15) is 0 Å². The van der Waals surface area contributed by atoms with Crippen molar-refractivity contribution < 1.29 is 4.79 Å². The number of amides is 1. The summed E-state index contributed by atoms with van der Waals surface area (Å²) in [7, 11) is 1.95. The van der Waals surface area contributed by atoms with Crippen LogP contribution >= 0.6 is 0 Å². The van der Waals surface area contributed by atoms with Crippen LogP contribution in [0.3, 0.4) is 0 Å². The van der Waals surface area contributed by atoms with Crippen molar-refractivity contribution >= 4 is 5.91 Å². The zero-order valence-electron chi connectivity index (χ0n) is 11.1. The number of nitrogens with zero attached hydrogens (tertiary/aromatic N) is 1. The lowest BCUT2D eigenvalue weighted by Crippen LogP contribution is -2.49. The van der Waals surface area contributed by atoms with Crippen LogP contribution in [-0.4, -0.2) is 37.0 Å². The summed E-state index contributed by atoms with van der Waals surface area (Å²) in [5, 5.41) is 3.11. The predicted molar refractivity (Wildman–Crippen MR) is 69.9 cm³/mol. The van der Waals surface area contributed by atoms with Gasteiger partial charge in [-0.05, 0) is 51.6 Å². The van der Waals surface area contributed by atoms with E-state index < -0.39 is 0 Å². The summed E-state index contributed by atoms with van der Waals surface area (Å²) in [6.07, 6.45) is 9.58. The standard InChI is InChI=1S/C14H26N2O/c1-15-10-4-9-14(17)16-11-5-7-12-6-2-3-8-13(12)16/h12-13,15H,2-11H2,1H3/t12-,13-/m1/s1. The van der Waals surface area contributed by atoms with Crippen molar-refractivity contribution in [1.29, 1.82) is 0 Å². The third-order valence-electron chi connectivity index (χ3n) is 4.38. The first-order chi connectivity index (χ1) is 8.33. The Morgan fingerprint density at radius 3 is 2.82 bits per heavy atom. The van der Waals surface area contributed by atoms with Crippen molar-refractivity contribution in [2.45, 2.75) is 57.4 Å². The largest absolute Gasteiger partial charge is 0.339 e. The highest BCUT2D eigenvalue weighted by Gasteiger charge is 2.35. The second kappa shape index (κ2) is 6.39. The molecular weight excluding hydrogens is 212 g/mol. The molecule has 2 atom stereocenters. The molecule has 2 fully saturated rings. The second-order valence-corrected chi connectivity index (χ2v) is 5.55. The van der Waals surface area contributed by atoms with E-state index in [-0.39, 0.29) is 0 Å². The monoisotopic (exact) mass is 238 g/mol. The molecule has 0 aromatic rings. The van der Waals surface area contributed by atoms with Gasteiger partial charge < -0.3 is 10.2 Å². The molecule has 0 aromatic heterocycles. The van der Waals surface area contributed by atoms with Gasteiger partial charge in [0.25, 0.3) is 0 Å². The van der Waals surface area contributed by atoms with Gasteiger partial charge in [0.1, 0.15) is 0 Å². The van der Waals surface area contributed by atoms with E-state index in [9.17, 15) is 4.79 Å². The van der Waals surface area contributed by atoms with Gasteiger partial charge in [0.05, 0.1) is 0 Å².